The van der Waals surface area contributed by atoms with Gasteiger partial charge >= 0.3 is 6.18 Å². The summed E-state index contributed by atoms with van der Waals surface area (Å²) in [5.41, 5.74) is -0.473. The molecule has 0 saturated heterocycles. The first-order valence-corrected chi connectivity index (χ1v) is 5.78. The van der Waals surface area contributed by atoms with Crippen molar-refractivity contribution in [3.05, 3.63) is 34.3 Å². The summed E-state index contributed by atoms with van der Waals surface area (Å²) in [5.74, 6) is 5.27. The summed E-state index contributed by atoms with van der Waals surface area (Å²) < 4.78 is 37.3. The Morgan fingerprint density at radius 3 is 2.63 bits per heavy atom. The molecule has 6 heteroatoms. The van der Waals surface area contributed by atoms with Gasteiger partial charge in [-0.2, -0.15) is 13.2 Å². The molecule has 0 bridgehead atoms. The fourth-order valence-corrected chi connectivity index (χ4v) is 1.58. The molecule has 0 aliphatic carbocycles. The lowest BCUT2D eigenvalue weighted by Crippen LogP contribution is -2.20. The number of halogens is 4. The van der Waals surface area contributed by atoms with Crippen molar-refractivity contribution in [2.75, 3.05) is 6.54 Å². The lowest BCUT2D eigenvalue weighted by Gasteiger charge is -2.08. The Morgan fingerprint density at radius 2 is 2.11 bits per heavy atom. The first-order valence-electron chi connectivity index (χ1n) is 5.41. The number of carbonyl (C=O) groups is 1. The molecule has 0 fully saturated rings. The van der Waals surface area contributed by atoms with Crippen LogP contribution in [0.3, 0.4) is 0 Å². The van der Waals surface area contributed by atoms with E-state index >= 15 is 0 Å². The highest BCUT2D eigenvalue weighted by Crippen LogP contribution is 2.34. The van der Waals surface area contributed by atoms with Crippen LogP contribution in [0.25, 0.3) is 0 Å². The number of benzene rings is 1. The van der Waals surface area contributed by atoms with Crippen molar-refractivity contribution in [1.29, 1.82) is 0 Å². The minimum atomic E-state index is -4.46. The molecule has 0 unspecified atom stereocenters. The Bertz CT molecular complexity index is 529. The Kier molecular flexibility index (Phi) is 5.25. The van der Waals surface area contributed by atoms with Gasteiger partial charge in [-0.1, -0.05) is 23.4 Å². The van der Waals surface area contributed by atoms with E-state index in [0.29, 0.717) is 18.5 Å². The lowest BCUT2D eigenvalue weighted by atomic mass is 10.1. The van der Waals surface area contributed by atoms with E-state index in [1.165, 1.54) is 19.1 Å². The molecule has 0 aliphatic heterocycles. The number of alkyl halides is 3. The minimum Gasteiger partial charge on any atom is -0.355 e. The van der Waals surface area contributed by atoms with E-state index in [9.17, 15) is 18.0 Å². The Labute approximate surface area is 113 Å². The Balaban J connectivity index is 2.69. The average molecular weight is 290 g/mol. The maximum atomic E-state index is 12.4. The number of nitrogens with one attached hydrogen (secondary N) is 1. The number of amides is 1. The van der Waals surface area contributed by atoms with Gasteiger partial charge in [-0.05, 0) is 18.2 Å². The number of carbonyl (C=O) groups excluding carboxylic acids is 1. The normalized spacial score (nSPS) is 10.6. The molecule has 0 radical (unpaired) electrons. The van der Waals surface area contributed by atoms with Crippen molar-refractivity contribution < 1.29 is 18.0 Å². The van der Waals surface area contributed by atoms with Crippen LogP contribution in [-0.2, 0) is 11.0 Å². The van der Waals surface area contributed by atoms with E-state index < -0.39 is 11.7 Å². The summed E-state index contributed by atoms with van der Waals surface area (Å²) in [6.07, 6.45) is -4.05. The standard InChI is InChI=1S/C13H11ClF3NO/c1-9(19)18-7-3-2-4-10-5-6-11(12(14)8-10)13(15,16)17/h5-6,8H,3,7H2,1H3,(H,18,19). The summed E-state index contributed by atoms with van der Waals surface area (Å²) in [7, 11) is 0. The monoisotopic (exact) mass is 289 g/mol. The van der Waals surface area contributed by atoms with Gasteiger partial charge in [0.15, 0.2) is 0 Å². The van der Waals surface area contributed by atoms with Crippen molar-refractivity contribution in [2.45, 2.75) is 19.5 Å². The van der Waals surface area contributed by atoms with Gasteiger partial charge in [0.25, 0.3) is 0 Å². The summed E-state index contributed by atoms with van der Waals surface area (Å²) in [6, 6.07) is 3.34. The summed E-state index contributed by atoms with van der Waals surface area (Å²) in [6.45, 7) is 1.79. The Hall–Kier alpha value is -1.67. The van der Waals surface area contributed by atoms with Crippen LogP contribution in [0.15, 0.2) is 18.2 Å². The zero-order chi connectivity index (χ0) is 14.5. The first-order chi connectivity index (χ1) is 8.80. The molecule has 0 heterocycles. The topological polar surface area (TPSA) is 29.1 Å². The SMILES string of the molecule is CC(=O)NCCC#Cc1ccc(C(F)(F)F)c(Cl)c1. The summed E-state index contributed by atoms with van der Waals surface area (Å²) >= 11 is 5.55. The second kappa shape index (κ2) is 6.48. The van der Waals surface area contributed by atoms with Crippen LogP contribution in [0.1, 0.15) is 24.5 Å². The van der Waals surface area contributed by atoms with Crippen molar-refractivity contribution in [3.63, 3.8) is 0 Å². The molecule has 102 valence electrons. The molecular formula is C13H11ClF3NO. The van der Waals surface area contributed by atoms with Gasteiger partial charge in [0, 0.05) is 25.5 Å². The zero-order valence-corrected chi connectivity index (χ0v) is 10.8. The second-order valence-electron chi connectivity index (χ2n) is 3.73. The molecule has 0 aliphatic rings. The molecule has 1 N–H and O–H groups in total. The summed E-state index contributed by atoms with van der Waals surface area (Å²) in [4.78, 5) is 10.6. The van der Waals surface area contributed by atoms with Crippen LogP contribution in [0.4, 0.5) is 13.2 Å². The lowest BCUT2D eigenvalue weighted by molar-refractivity contribution is -0.137. The van der Waals surface area contributed by atoms with Crippen molar-refractivity contribution in [3.8, 4) is 11.8 Å². The van der Waals surface area contributed by atoms with Crippen LogP contribution in [0.2, 0.25) is 5.02 Å². The summed E-state index contributed by atoms with van der Waals surface area (Å²) in [5, 5.41) is 2.18. The minimum absolute atomic E-state index is 0.153. The maximum absolute atomic E-state index is 12.4. The molecule has 19 heavy (non-hydrogen) atoms. The highest BCUT2D eigenvalue weighted by atomic mass is 35.5. The van der Waals surface area contributed by atoms with Crippen LogP contribution in [0, 0.1) is 11.8 Å². The quantitative estimate of drug-likeness (QED) is 0.657. The van der Waals surface area contributed by atoms with E-state index in [1.54, 1.807) is 0 Å². The Morgan fingerprint density at radius 1 is 1.42 bits per heavy atom. The van der Waals surface area contributed by atoms with Crippen LogP contribution in [-0.4, -0.2) is 12.5 Å². The van der Waals surface area contributed by atoms with E-state index in [2.05, 4.69) is 17.2 Å². The van der Waals surface area contributed by atoms with Crippen LogP contribution in [0.5, 0.6) is 0 Å². The number of hydrogen-bond donors (Lipinski definition) is 1. The van der Waals surface area contributed by atoms with Gasteiger partial charge in [-0.25, -0.2) is 0 Å². The molecule has 0 atom stereocenters. The van der Waals surface area contributed by atoms with Crippen molar-refractivity contribution in [2.24, 2.45) is 0 Å². The fraction of sp³-hybridized carbons (Fsp3) is 0.308. The first kappa shape index (κ1) is 15.4. The molecule has 0 aromatic heterocycles. The third-order valence-corrected chi connectivity index (χ3v) is 2.44. The third-order valence-electron chi connectivity index (χ3n) is 2.13. The number of rotatable bonds is 2. The van der Waals surface area contributed by atoms with Gasteiger partial charge in [0.1, 0.15) is 0 Å². The van der Waals surface area contributed by atoms with Gasteiger partial charge in [-0.3, -0.25) is 4.79 Å². The predicted molar refractivity (Wildman–Crippen MR) is 66.6 cm³/mol. The third kappa shape index (κ3) is 5.23. The molecule has 1 aromatic carbocycles. The van der Waals surface area contributed by atoms with Crippen LogP contribution < -0.4 is 5.32 Å². The molecule has 1 aromatic rings. The van der Waals surface area contributed by atoms with Crippen LogP contribution >= 0.6 is 11.6 Å². The smallest absolute Gasteiger partial charge is 0.355 e. The van der Waals surface area contributed by atoms with Gasteiger partial charge in [0.2, 0.25) is 5.91 Å². The van der Waals surface area contributed by atoms with E-state index in [4.69, 9.17) is 11.6 Å². The molecule has 2 nitrogen and oxygen atoms in total. The van der Waals surface area contributed by atoms with Crippen molar-refractivity contribution in [1.82, 2.24) is 5.32 Å². The highest BCUT2D eigenvalue weighted by molar-refractivity contribution is 6.31. The van der Waals surface area contributed by atoms with Gasteiger partial charge in [-0.15, -0.1) is 0 Å². The van der Waals surface area contributed by atoms with E-state index in [1.807, 2.05) is 0 Å². The number of hydrogen-bond acceptors (Lipinski definition) is 1. The maximum Gasteiger partial charge on any atom is 0.417 e. The molecule has 1 rings (SSSR count). The molecule has 0 spiro atoms. The molecule has 0 saturated carbocycles. The van der Waals surface area contributed by atoms with E-state index in [0.717, 1.165) is 6.07 Å². The zero-order valence-electron chi connectivity index (χ0n) is 10.1. The van der Waals surface area contributed by atoms with Gasteiger partial charge in [0.05, 0.1) is 10.6 Å². The molecular weight excluding hydrogens is 279 g/mol. The van der Waals surface area contributed by atoms with Gasteiger partial charge < -0.3 is 5.32 Å². The predicted octanol–water partition coefficient (Wildman–Crippen LogP) is 3.24. The largest absolute Gasteiger partial charge is 0.417 e. The second-order valence-corrected chi connectivity index (χ2v) is 4.13. The average Bonchev–Trinajstić information content (AvgIpc) is 2.26. The highest BCUT2D eigenvalue weighted by Gasteiger charge is 2.32. The molecule has 1 amide bonds. The van der Waals surface area contributed by atoms with E-state index in [-0.39, 0.29) is 10.9 Å². The van der Waals surface area contributed by atoms with Crippen molar-refractivity contribution >= 4 is 17.5 Å². The fourth-order valence-electron chi connectivity index (χ4n) is 1.29.